The summed E-state index contributed by atoms with van der Waals surface area (Å²) in [6.45, 7) is 2.71. The number of hydrogen-bond acceptors (Lipinski definition) is 4. The van der Waals surface area contributed by atoms with Gasteiger partial charge >= 0.3 is 0 Å². The van der Waals surface area contributed by atoms with E-state index < -0.39 is 0 Å². The topological polar surface area (TPSA) is 45.7 Å². The molecule has 5 heteroatoms. The molecule has 2 rings (SSSR count). The fourth-order valence-corrected chi connectivity index (χ4v) is 2.93. The second kappa shape index (κ2) is 8.86. The molecule has 1 aliphatic heterocycles. The summed E-state index contributed by atoms with van der Waals surface area (Å²) in [5.74, 6) is 0.201. The van der Waals surface area contributed by atoms with Crippen LogP contribution in [-0.4, -0.2) is 60.6 Å². The lowest BCUT2D eigenvalue weighted by molar-refractivity contribution is -0.138. The zero-order valence-corrected chi connectivity index (χ0v) is 13.7. The molecular formula is C17H27N3O2. The van der Waals surface area contributed by atoms with Crippen LogP contribution in [0.5, 0.6) is 0 Å². The molecule has 0 radical (unpaired) electrons. The second-order valence-electron chi connectivity index (χ2n) is 5.92. The van der Waals surface area contributed by atoms with Crippen LogP contribution in [-0.2, 0) is 16.1 Å². The molecule has 2 heterocycles. The van der Waals surface area contributed by atoms with Crippen molar-refractivity contribution in [3.05, 3.63) is 30.1 Å². The number of hydrogen-bond donors (Lipinski definition) is 0. The zero-order chi connectivity index (χ0) is 15.8. The van der Waals surface area contributed by atoms with E-state index in [9.17, 15) is 4.79 Å². The van der Waals surface area contributed by atoms with E-state index in [1.807, 2.05) is 23.1 Å². The van der Waals surface area contributed by atoms with Gasteiger partial charge in [0.2, 0.25) is 5.91 Å². The lowest BCUT2D eigenvalue weighted by Gasteiger charge is -2.31. The molecule has 0 N–H and O–H groups in total. The molecule has 1 aromatic rings. The Kier molecular flexibility index (Phi) is 6.80. The van der Waals surface area contributed by atoms with E-state index in [2.05, 4.69) is 16.9 Å². The number of likely N-dealkylation sites (N-methyl/N-ethyl adjacent to an activating group) is 1. The van der Waals surface area contributed by atoms with Crippen molar-refractivity contribution in [1.29, 1.82) is 0 Å². The average Bonchev–Trinajstić information content (AvgIpc) is 2.76. The minimum atomic E-state index is -0.0110. The van der Waals surface area contributed by atoms with Gasteiger partial charge in [-0.2, -0.15) is 0 Å². The maximum absolute atomic E-state index is 13.0. The number of nitrogens with zero attached hydrogens (tertiary/aromatic N) is 3. The Morgan fingerprint density at radius 2 is 2.27 bits per heavy atom. The normalized spacial score (nSPS) is 19.6. The molecule has 5 nitrogen and oxygen atoms in total. The molecule has 0 aliphatic carbocycles. The summed E-state index contributed by atoms with van der Waals surface area (Å²) in [4.78, 5) is 21.4. The Morgan fingerprint density at radius 1 is 1.41 bits per heavy atom. The van der Waals surface area contributed by atoms with Gasteiger partial charge in [0.15, 0.2) is 0 Å². The number of pyridine rings is 1. The molecule has 22 heavy (non-hydrogen) atoms. The van der Waals surface area contributed by atoms with Crippen molar-refractivity contribution in [2.75, 3.05) is 33.9 Å². The van der Waals surface area contributed by atoms with Crippen LogP contribution in [0.3, 0.4) is 0 Å². The number of amides is 1. The summed E-state index contributed by atoms with van der Waals surface area (Å²) in [6, 6.07) is 5.80. The first-order valence-corrected chi connectivity index (χ1v) is 8.10. The summed E-state index contributed by atoms with van der Waals surface area (Å²) in [5, 5.41) is 0. The summed E-state index contributed by atoms with van der Waals surface area (Å²) >= 11 is 0. The summed E-state index contributed by atoms with van der Waals surface area (Å²) in [5.41, 5.74) is 0.920. The molecule has 1 atom stereocenters. The Labute approximate surface area is 133 Å². The molecule has 0 aromatic carbocycles. The molecule has 0 spiro atoms. The highest BCUT2D eigenvalue weighted by atomic mass is 16.5. The van der Waals surface area contributed by atoms with Crippen LogP contribution in [0.15, 0.2) is 24.4 Å². The van der Waals surface area contributed by atoms with Crippen molar-refractivity contribution in [2.24, 2.45) is 0 Å². The fourth-order valence-electron chi connectivity index (χ4n) is 2.93. The highest BCUT2D eigenvalue weighted by Gasteiger charge is 2.28. The molecular weight excluding hydrogens is 278 g/mol. The van der Waals surface area contributed by atoms with E-state index in [4.69, 9.17) is 4.74 Å². The van der Waals surface area contributed by atoms with Gasteiger partial charge < -0.3 is 9.64 Å². The summed E-state index contributed by atoms with van der Waals surface area (Å²) in [7, 11) is 3.73. The van der Waals surface area contributed by atoms with E-state index in [-0.39, 0.29) is 11.9 Å². The van der Waals surface area contributed by atoms with Gasteiger partial charge in [0, 0.05) is 19.9 Å². The quantitative estimate of drug-likeness (QED) is 0.805. The van der Waals surface area contributed by atoms with E-state index in [1.165, 1.54) is 12.8 Å². The molecule has 0 saturated carbocycles. The van der Waals surface area contributed by atoms with Gasteiger partial charge in [-0.1, -0.05) is 18.9 Å². The number of methoxy groups -OCH3 is 1. The first kappa shape index (κ1) is 16.9. The minimum Gasteiger partial charge on any atom is -0.383 e. The third-order valence-corrected chi connectivity index (χ3v) is 4.26. The first-order valence-electron chi connectivity index (χ1n) is 8.10. The van der Waals surface area contributed by atoms with E-state index >= 15 is 0 Å². The Bertz CT molecular complexity index is 452. The number of carbonyl (C=O) groups excluding carboxylic acids is 1. The number of likely N-dealkylation sites (tertiary alicyclic amines) is 1. The molecule has 1 unspecified atom stereocenters. The summed E-state index contributed by atoms with van der Waals surface area (Å²) in [6.07, 6.45) is 6.24. The van der Waals surface area contributed by atoms with Crippen LogP contribution in [0, 0.1) is 0 Å². The molecule has 122 valence electrons. The minimum absolute atomic E-state index is 0.0110. The monoisotopic (exact) mass is 305 g/mol. The number of ether oxygens (including phenoxy) is 1. The van der Waals surface area contributed by atoms with Crippen molar-refractivity contribution in [2.45, 2.75) is 38.3 Å². The predicted molar refractivity (Wildman–Crippen MR) is 86.4 cm³/mol. The molecule has 1 aliphatic rings. The van der Waals surface area contributed by atoms with Crippen molar-refractivity contribution in [3.63, 3.8) is 0 Å². The maximum Gasteiger partial charge on any atom is 0.240 e. The van der Waals surface area contributed by atoms with Crippen LogP contribution in [0.4, 0.5) is 0 Å². The largest absolute Gasteiger partial charge is 0.383 e. The van der Waals surface area contributed by atoms with Gasteiger partial charge in [0.1, 0.15) is 0 Å². The number of aromatic nitrogens is 1. The predicted octanol–water partition coefficient (Wildman–Crippen LogP) is 1.93. The van der Waals surface area contributed by atoms with Crippen molar-refractivity contribution in [1.82, 2.24) is 14.8 Å². The third kappa shape index (κ3) is 4.78. The lowest BCUT2D eigenvalue weighted by Crippen LogP contribution is -2.47. The van der Waals surface area contributed by atoms with E-state index in [0.29, 0.717) is 19.7 Å². The number of rotatable bonds is 6. The molecule has 1 saturated heterocycles. The maximum atomic E-state index is 13.0. The van der Waals surface area contributed by atoms with Crippen LogP contribution in [0.25, 0.3) is 0 Å². The van der Waals surface area contributed by atoms with E-state index in [0.717, 1.165) is 25.1 Å². The first-order chi connectivity index (χ1) is 10.7. The average molecular weight is 305 g/mol. The molecule has 1 fully saturated rings. The second-order valence-corrected chi connectivity index (χ2v) is 5.92. The SMILES string of the molecule is COCCN(Cc1ccccn1)C(=O)C1CCCCCN1C. The van der Waals surface area contributed by atoms with Crippen LogP contribution in [0.1, 0.15) is 31.4 Å². The fraction of sp³-hybridized carbons (Fsp3) is 0.647. The Hall–Kier alpha value is -1.46. The third-order valence-electron chi connectivity index (χ3n) is 4.26. The smallest absolute Gasteiger partial charge is 0.240 e. The summed E-state index contributed by atoms with van der Waals surface area (Å²) < 4.78 is 5.17. The van der Waals surface area contributed by atoms with Crippen LogP contribution in [0.2, 0.25) is 0 Å². The van der Waals surface area contributed by atoms with Crippen molar-refractivity contribution >= 4 is 5.91 Å². The van der Waals surface area contributed by atoms with Gasteiger partial charge in [0.25, 0.3) is 0 Å². The molecule has 0 bridgehead atoms. The molecule has 1 aromatic heterocycles. The zero-order valence-electron chi connectivity index (χ0n) is 13.7. The van der Waals surface area contributed by atoms with Gasteiger partial charge in [-0.3, -0.25) is 14.7 Å². The lowest BCUT2D eigenvalue weighted by atomic mass is 10.1. The highest BCUT2D eigenvalue weighted by Crippen LogP contribution is 2.18. The van der Waals surface area contributed by atoms with Crippen molar-refractivity contribution < 1.29 is 9.53 Å². The van der Waals surface area contributed by atoms with Crippen LogP contribution < -0.4 is 0 Å². The van der Waals surface area contributed by atoms with E-state index in [1.54, 1.807) is 13.3 Å². The highest BCUT2D eigenvalue weighted by molar-refractivity contribution is 5.81. The van der Waals surface area contributed by atoms with Crippen LogP contribution >= 0.6 is 0 Å². The van der Waals surface area contributed by atoms with Gasteiger partial charge in [0.05, 0.1) is 24.9 Å². The Balaban J connectivity index is 2.07. The van der Waals surface area contributed by atoms with Gasteiger partial charge in [-0.25, -0.2) is 0 Å². The van der Waals surface area contributed by atoms with Gasteiger partial charge in [-0.15, -0.1) is 0 Å². The molecule has 1 amide bonds. The van der Waals surface area contributed by atoms with Gasteiger partial charge in [-0.05, 0) is 38.6 Å². The standard InChI is InChI=1S/C17H27N3O2/c1-19-11-7-3-4-9-16(19)17(21)20(12-13-22-2)14-15-8-5-6-10-18-15/h5-6,8,10,16H,3-4,7,9,11-14H2,1-2H3. The van der Waals surface area contributed by atoms with Crippen molar-refractivity contribution in [3.8, 4) is 0 Å². The Morgan fingerprint density at radius 3 is 3.00 bits per heavy atom. The number of carbonyl (C=O) groups is 1.